The maximum absolute atomic E-state index is 4.92. The largest absolute Gasteiger partial charge is 0.268 e. The van der Waals surface area contributed by atoms with Crippen molar-refractivity contribution in [3.8, 4) is 0 Å². The van der Waals surface area contributed by atoms with Crippen molar-refractivity contribution in [1.82, 2.24) is 9.38 Å². The molecule has 0 aliphatic rings. The van der Waals surface area contributed by atoms with Crippen LogP contribution in [0.4, 0.5) is 0 Å². The van der Waals surface area contributed by atoms with Crippen LogP contribution in [0.2, 0.25) is 0 Å². The highest BCUT2D eigenvalue weighted by atomic mass is 32.1. The summed E-state index contributed by atoms with van der Waals surface area (Å²) in [6.45, 7) is 0.664. The summed E-state index contributed by atoms with van der Waals surface area (Å²) in [5, 5.41) is 1.17. The van der Waals surface area contributed by atoms with Crippen molar-refractivity contribution < 1.29 is 0 Å². The van der Waals surface area contributed by atoms with Crippen LogP contribution in [0.3, 0.4) is 0 Å². The monoisotopic (exact) mass is 341 g/mol. The number of para-hydroxylation sites is 2. The average molecular weight is 341 g/mol. The van der Waals surface area contributed by atoms with Gasteiger partial charge in [-0.3, -0.25) is 9.39 Å². The van der Waals surface area contributed by atoms with E-state index in [2.05, 4.69) is 71.1 Å². The Kier molecular flexibility index (Phi) is 3.35. The number of aromatic nitrogens is 2. The number of rotatable bonds is 2. The summed E-state index contributed by atoms with van der Waals surface area (Å²) < 4.78 is 3.39. The number of nitrogens with zero attached hydrogens (tertiary/aromatic N) is 3. The van der Waals surface area contributed by atoms with Crippen molar-refractivity contribution in [2.45, 2.75) is 6.54 Å². The molecular weight excluding hydrogens is 326 g/mol. The molecule has 0 unspecified atom stereocenters. The fourth-order valence-corrected chi connectivity index (χ4v) is 4.15. The van der Waals surface area contributed by atoms with Crippen molar-refractivity contribution in [1.29, 1.82) is 0 Å². The summed E-state index contributed by atoms with van der Waals surface area (Å²) in [6.07, 6.45) is 0. The van der Waals surface area contributed by atoms with Gasteiger partial charge in [0, 0.05) is 10.1 Å². The highest BCUT2D eigenvalue weighted by Crippen LogP contribution is 2.24. The molecule has 0 fully saturated rings. The first kappa shape index (κ1) is 14.4. The van der Waals surface area contributed by atoms with Crippen molar-refractivity contribution in [3.63, 3.8) is 0 Å². The van der Waals surface area contributed by atoms with Gasteiger partial charge in [0.2, 0.25) is 0 Å². The molecule has 0 spiro atoms. The first-order valence-corrected chi connectivity index (χ1v) is 9.05. The van der Waals surface area contributed by atoms with Crippen molar-refractivity contribution >= 4 is 38.1 Å². The van der Waals surface area contributed by atoms with Crippen LogP contribution < -0.4 is 4.80 Å². The Labute approximate surface area is 148 Å². The SMILES string of the molecule is c1ccc(CN=c2sc3ccccc3c3nc4ccccc4n23)cc1. The highest BCUT2D eigenvalue weighted by Gasteiger charge is 2.10. The van der Waals surface area contributed by atoms with Crippen molar-refractivity contribution in [2.75, 3.05) is 0 Å². The van der Waals surface area contributed by atoms with Gasteiger partial charge in [-0.05, 0) is 29.8 Å². The molecule has 3 nitrogen and oxygen atoms in total. The molecule has 5 rings (SSSR count). The zero-order valence-electron chi connectivity index (χ0n) is 13.5. The number of hydrogen-bond acceptors (Lipinski definition) is 3. The second-order valence-electron chi connectivity index (χ2n) is 5.94. The minimum Gasteiger partial charge on any atom is -0.268 e. The summed E-state index contributed by atoms with van der Waals surface area (Å²) in [5.41, 5.74) is 4.29. The topological polar surface area (TPSA) is 29.7 Å². The molecule has 2 heterocycles. The molecule has 0 amide bonds. The molecule has 4 heteroatoms. The van der Waals surface area contributed by atoms with E-state index >= 15 is 0 Å². The molecule has 0 saturated carbocycles. The molecule has 3 aromatic carbocycles. The minimum atomic E-state index is 0.664. The fraction of sp³-hybridized carbons (Fsp3) is 0.0476. The lowest BCUT2D eigenvalue weighted by Gasteiger charge is -2.02. The maximum atomic E-state index is 4.92. The molecule has 5 aromatic rings. The Hall–Kier alpha value is -2.98. The van der Waals surface area contributed by atoms with Gasteiger partial charge < -0.3 is 0 Å². The normalized spacial score (nSPS) is 12.4. The van der Waals surface area contributed by atoms with E-state index in [0.717, 1.165) is 21.5 Å². The molecule has 0 saturated heterocycles. The lowest BCUT2D eigenvalue weighted by atomic mass is 10.2. The second-order valence-corrected chi connectivity index (χ2v) is 6.95. The molecule has 0 atom stereocenters. The van der Waals surface area contributed by atoms with E-state index in [0.29, 0.717) is 6.54 Å². The molecule has 0 aliphatic carbocycles. The Bertz CT molecular complexity index is 1270. The van der Waals surface area contributed by atoms with Crippen molar-refractivity contribution in [3.05, 3.63) is 89.2 Å². The van der Waals surface area contributed by atoms with E-state index in [1.807, 2.05) is 12.1 Å². The van der Waals surface area contributed by atoms with Gasteiger partial charge in [-0.25, -0.2) is 4.98 Å². The third kappa shape index (κ3) is 2.42. The van der Waals surface area contributed by atoms with Gasteiger partial charge in [-0.15, -0.1) is 0 Å². The molecule has 120 valence electrons. The summed E-state index contributed by atoms with van der Waals surface area (Å²) in [6, 6.07) is 27.0. The Morgan fingerprint density at radius 2 is 1.60 bits per heavy atom. The summed E-state index contributed by atoms with van der Waals surface area (Å²) in [4.78, 5) is 10.8. The minimum absolute atomic E-state index is 0.664. The third-order valence-electron chi connectivity index (χ3n) is 4.32. The van der Waals surface area contributed by atoms with E-state index in [1.54, 1.807) is 11.3 Å². The summed E-state index contributed by atoms with van der Waals surface area (Å²) in [5.74, 6) is 0. The number of hydrogen-bond donors (Lipinski definition) is 0. The van der Waals surface area contributed by atoms with Crippen molar-refractivity contribution in [2.24, 2.45) is 4.99 Å². The van der Waals surface area contributed by atoms with Crippen LogP contribution >= 0.6 is 11.3 Å². The van der Waals surface area contributed by atoms with Crippen LogP contribution in [0.25, 0.3) is 26.8 Å². The van der Waals surface area contributed by atoms with Crippen LogP contribution in [0.1, 0.15) is 5.56 Å². The van der Waals surface area contributed by atoms with Gasteiger partial charge in [0.1, 0.15) is 5.65 Å². The van der Waals surface area contributed by atoms with Crippen LogP contribution in [0.15, 0.2) is 83.9 Å². The highest BCUT2D eigenvalue weighted by molar-refractivity contribution is 7.16. The van der Waals surface area contributed by atoms with Crippen LogP contribution in [0, 0.1) is 0 Å². The van der Waals surface area contributed by atoms with Crippen LogP contribution in [-0.4, -0.2) is 9.38 Å². The smallest absolute Gasteiger partial charge is 0.191 e. The first-order chi connectivity index (χ1) is 12.4. The second kappa shape index (κ2) is 5.83. The Morgan fingerprint density at radius 3 is 2.52 bits per heavy atom. The Morgan fingerprint density at radius 1 is 0.840 bits per heavy atom. The van der Waals surface area contributed by atoms with Gasteiger partial charge in [0.25, 0.3) is 0 Å². The van der Waals surface area contributed by atoms with Crippen LogP contribution in [0.5, 0.6) is 0 Å². The molecule has 0 N–H and O–H groups in total. The number of imidazole rings is 1. The lowest BCUT2D eigenvalue weighted by molar-refractivity contribution is 0.974. The van der Waals surface area contributed by atoms with E-state index in [4.69, 9.17) is 9.98 Å². The zero-order valence-corrected chi connectivity index (χ0v) is 14.3. The summed E-state index contributed by atoms with van der Waals surface area (Å²) in [7, 11) is 0. The third-order valence-corrected chi connectivity index (χ3v) is 5.39. The maximum Gasteiger partial charge on any atom is 0.191 e. The summed E-state index contributed by atoms with van der Waals surface area (Å²) >= 11 is 1.71. The number of fused-ring (bicyclic) bond motifs is 5. The predicted octanol–water partition coefficient (Wildman–Crippen LogP) is 4.80. The lowest BCUT2D eigenvalue weighted by Crippen LogP contribution is -2.11. The van der Waals surface area contributed by atoms with E-state index in [-0.39, 0.29) is 0 Å². The van der Waals surface area contributed by atoms with Gasteiger partial charge in [-0.2, -0.15) is 0 Å². The van der Waals surface area contributed by atoms with Gasteiger partial charge in [0.15, 0.2) is 4.80 Å². The van der Waals surface area contributed by atoms with E-state index < -0.39 is 0 Å². The van der Waals surface area contributed by atoms with Gasteiger partial charge in [0.05, 0.1) is 17.6 Å². The van der Waals surface area contributed by atoms with Gasteiger partial charge in [-0.1, -0.05) is 65.9 Å². The number of benzene rings is 3. The average Bonchev–Trinajstić information content (AvgIpc) is 3.07. The van der Waals surface area contributed by atoms with Crippen LogP contribution in [-0.2, 0) is 6.54 Å². The standard InChI is InChI=1S/C21H15N3S/c1-2-8-15(9-3-1)14-22-21-24-18-12-6-5-11-17(18)23-20(24)16-10-4-7-13-19(16)25-21/h1-13H,14H2. The van der Waals surface area contributed by atoms with Gasteiger partial charge >= 0.3 is 0 Å². The molecular formula is C21H15N3S. The molecule has 25 heavy (non-hydrogen) atoms. The van der Waals surface area contributed by atoms with E-state index in [1.165, 1.54) is 15.6 Å². The first-order valence-electron chi connectivity index (χ1n) is 8.24. The predicted molar refractivity (Wildman–Crippen MR) is 104 cm³/mol. The Balaban J connectivity index is 1.86. The molecule has 0 aliphatic heterocycles. The molecule has 0 bridgehead atoms. The fourth-order valence-electron chi connectivity index (χ4n) is 3.13. The molecule has 0 radical (unpaired) electrons. The quantitative estimate of drug-likeness (QED) is 0.453. The molecule has 2 aromatic heterocycles. The zero-order chi connectivity index (χ0) is 16.6. The van der Waals surface area contributed by atoms with E-state index in [9.17, 15) is 0 Å².